The van der Waals surface area contributed by atoms with E-state index in [2.05, 4.69) is 0 Å². The van der Waals surface area contributed by atoms with Crippen molar-refractivity contribution in [1.82, 2.24) is 9.29 Å². The molecule has 2 heterocycles. The van der Waals surface area contributed by atoms with Crippen molar-refractivity contribution >= 4 is 42.6 Å². The Hall–Kier alpha value is -2.53. The van der Waals surface area contributed by atoms with Crippen LogP contribution in [0.4, 0.5) is 5.13 Å². The van der Waals surface area contributed by atoms with Gasteiger partial charge in [0.25, 0.3) is 5.91 Å². The third kappa shape index (κ3) is 5.50. The third-order valence-corrected chi connectivity index (χ3v) is 9.03. The van der Waals surface area contributed by atoms with Crippen LogP contribution in [0.1, 0.15) is 43.0 Å². The molecule has 8 nitrogen and oxygen atoms in total. The molecule has 0 bridgehead atoms. The van der Waals surface area contributed by atoms with Crippen molar-refractivity contribution in [2.75, 3.05) is 38.8 Å². The van der Waals surface area contributed by atoms with E-state index in [1.54, 1.807) is 31.2 Å². The number of para-hydroxylation sites is 1. The minimum atomic E-state index is -3.61. The highest BCUT2D eigenvalue weighted by Gasteiger charge is 2.28. The third-order valence-electron chi connectivity index (χ3n) is 6.11. The molecule has 188 valence electrons. The Morgan fingerprint density at radius 3 is 2.66 bits per heavy atom. The number of hydrogen-bond donors (Lipinski definition) is 0. The number of amides is 1. The summed E-state index contributed by atoms with van der Waals surface area (Å²) in [5.41, 5.74) is 1.10. The number of unbranched alkanes of at least 4 members (excludes halogenated alkanes) is 1. The van der Waals surface area contributed by atoms with Crippen LogP contribution in [0.2, 0.25) is 0 Å². The number of carbonyl (C=O) groups excluding carboxylic acids is 1. The second-order valence-electron chi connectivity index (χ2n) is 8.56. The number of benzene rings is 2. The predicted octanol–water partition coefficient (Wildman–Crippen LogP) is 4.55. The summed E-state index contributed by atoms with van der Waals surface area (Å²) < 4.78 is 39.2. The van der Waals surface area contributed by atoms with E-state index in [1.807, 2.05) is 25.1 Å². The number of hydrogen-bond acceptors (Lipinski definition) is 7. The summed E-state index contributed by atoms with van der Waals surface area (Å²) in [6.45, 7) is 3.53. The van der Waals surface area contributed by atoms with Gasteiger partial charge in [0.2, 0.25) is 10.0 Å². The summed E-state index contributed by atoms with van der Waals surface area (Å²) in [4.78, 5) is 20.2. The monoisotopic (exact) mass is 517 g/mol. The lowest BCUT2D eigenvalue weighted by Crippen LogP contribution is -2.37. The highest BCUT2D eigenvalue weighted by Crippen LogP contribution is 2.35. The largest absolute Gasteiger partial charge is 0.494 e. The standard InChI is InChI=1S/C25H31N3O5S2/c1-4-5-15-27(2)35(30,31)20-13-11-18(12-14-20)24(29)28(17-19-8-7-16-33-19)25-26-23-21(32-3)9-6-10-22(23)34-25/h6,9-14,19H,4-5,7-8,15-17H2,1-3H3. The number of nitrogens with zero attached hydrogens (tertiary/aromatic N) is 3. The maximum absolute atomic E-state index is 13.6. The Morgan fingerprint density at radius 2 is 2.00 bits per heavy atom. The van der Waals surface area contributed by atoms with E-state index in [-0.39, 0.29) is 16.9 Å². The number of ether oxygens (including phenoxy) is 2. The molecule has 0 saturated carbocycles. The molecule has 3 aromatic rings. The van der Waals surface area contributed by atoms with E-state index in [4.69, 9.17) is 14.5 Å². The van der Waals surface area contributed by atoms with Gasteiger partial charge in [-0.25, -0.2) is 17.7 Å². The average molecular weight is 518 g/mol. The van der Waals surface area contributed by atoms with Crippen LogP contribution in [0.3, 0.4) is 0 Å². The van der Waals surface area contributed by atoms with Crippen LogP contribution in [-0.4, -0.2) is 63.6 Å². The predicted molar refractivity (Wildman–Crippen MR) is 138 cm³/mol. The number of carbonyl (C=O) groups is 1. The fourth-order valence-corrected chi connectivity index (χ4v) is 6.24. The molecule has 1 saturated heterocycles. The van der Waals surface area contributed by atoms with E-state index in [0.29, 0.717) is 41.7 Å². The van der Waals surface area contributed by atoms with Gasteiger partial charge >= 0.3 is 0 Å². The Bertz CT molecular complexity index is 1270. The summed E-state index contributed by atoms with van der Waals surface area (Å²) in [5, 5.41) is 0.556. The van der Waals surface area contributed by atoms with Gasteiger partial charge in [-0.1, -0.05) is 30.7 Å². The molecule has 1 amide bonds. The summed E-state index contributed by atoms with van der Waals surface area (Å²) in [7, 11) is -0.432. The van der Waals surface area contributed by atoms with Crippen LogP contribution >= 0.6 is 11.3 Å². The van der Waals surface area contributed by atoms with Crippen LogP contribution in [0.15, 0.2) is 47.4 Å². The van der Waals surface area contributed by atoms with Crippen LogP contribution < -0.4 is 9.64 Å². The number of thiazole rings is 1. The Kier molecular flexibility index (Phi) is 8.05. The lowest BCUT2D eigenvalue weighted by molar-refractivity contribution is 0.0917. The molecule has 1 aromatic heterocycles. The molecule has 0 N–H and O–H groups in total. The Balaban J connectivity index is 1.63. The maximum Gasteiger partial charge on any atom is 0.260 e. The van der Waals surface area contributed by atoms with Crippen molar-refractivity contribution in [3.05, 3.63) is 48.0 Å². The van der Waals surface area contributed by atoms with Crippen LogP contribution in [-0.2, 0) is 14.8 Å². The van der Waals surface area contributed by atoms with E-state index >= 15 is 0 Å². The lowest BCUT2D eigenvalue weighted by atomic mass is 10.2. The first kappa shape index (κ1) is 25.6. The fraction of sp³-hybridized carbons (Fsp3) is 0.440. The SMILES string of the molecule is CCCCN(C)S(=O)(=O)c1ccc(C(=O)N(CC2CCCO2)c2nc3c(OC)cccc3s2)cc1. The van der Waals surface area contributed by atoms with Gasteiger partial charge in [0, 0.05) is 25.8 Å². The second-order valence-corrected chi connectivity index (χ2v) is 11.6. The molecule has 10 heteroatoms. The van der Waals surface area contributed by atoms with Gasteiger partial charge in [-0.05, 0) is 55.7 Å². The van der Waals surface area contributed by atoms with Gasteiger partial charge in [0.15, 0.2) is 5.13 Å². The second kappa shape index (κ2) is 11.0. The van der Waals surface area contributed by atoms with Crippen molar-refractivity contribution < 1.29 is 22.7 Å². The first-order chi connectivity index (χ1) is 16.8. The molecular weight excluding hydrogens is 486 g/mol. The van der Waals surface area contributed by atoms with Crippen molar-refractivity contribution in [2.45, 2.75) is 43.6 Å². The molecule has 1 aliphatic heterocycles. The molecule has 2 aromatic carbocycles. The van der Waals surface area contributed by atoms with E-state index in [0.717, 1.165) is 30.4 Å². The molecule has 4 rings (SSSR count). The summed E-state index contributed by atoms with van der Waals surface area (Å²) in [6, 6.07) is 11.8. The first-order valence-corrected chi connectivity index (χ1v) is 14.0. The quantitative estimate of drug-likeness (QED) is 0.392. The minimum absolute atomic E-state index is 0.0697. The first-order valence-electron chi connectivity index (χ1n) is 11.8. The number of anilines is 1. The van der Waals surface area contributed by atoms with Crippen molar-refractivity contribution in [3.8, 4) is 5.75 Å². The molecule has 1 aliphatic rings. The topological polar surface area (TPSA) is 89.0 Å². The number of fused-ring (bicyclic) bond motifs is 1. The number of methoxy groups -OCH3 is 1. The molecule has 1 fully saturated rings. The Labute approximate surface area is 210 Å². The molecule has 1 atom stereocenters. The van der Waals surface area contributed by atoms with Gasteiger partial charge in [0.1, 0.15) is 11.3 Å². The normalized spacial score (nSPS) is 16.2. The van der Waals surface area contributed by atoms with E-state index in [1.165, 1.54) is 27.8 Å². The van der Waals surface area contributed by atoms with Crippen LogP contribution in [0, 0.1) is 0 Å². The number of rotatable bonds is 10. The fourth-order valence-electron chi connectivity index (χ4n) is 4.04. The smallest absolute Gasteiger partial charge is 0.260 e. The summed E-state index contributed by atoms with van der Waals surface area (Å²) >= 11 is 1.42. The van der Waals surface area contributed by atoms with Gasteiger partial charge in [-0.3, -0.25) is 9.69 Å². The van der Waals surface area contributed by atoms with Crippen molar-refractivity contribution in [2.24, 2.45) is 0 Å². The molecule has 0 spiro atoms. The van der Waals surface area contributed by atoms with Crippen molar-refractivity contribution in [3.63, 3.8) is 0 Å². The minimum Gasteiger partial charge on any atom is -0.494 e. The van der Waals surface area contributed by atoms with E-state index < -0.39 is 10.0 Å². The highest BCUT2D eigenvalue weighted by atomic mass is 32.2. The van der Waals surface area contributed by atoms with Gasteiger partial charge in [0.05, 0.1) is 29.4 Å². The van der Waals surface area contributed by atoms with Gasteiger partial charge < -0.3 is 9.47 Å². The zero-order chi connectivity index (χ0) is 25.0. The maximum atomic E-state index is 13.6. The average Bonchev–Trinajstić information content (AvgIpc) is 3.55. The van der Waals surface area contributed by atoms with Gasteiger partial charge in [-0.15, -0.1) is 0 Å². The molecule has 35 heavy (non-hydrogen) atoms. The summed E-state index contributed by atoms with van der Waals surface area (Å²) in [6.07, 6.45) is 3.46. The number of sulfonamides is 1. The Morgan fingerprint density at radius 1 is 1.23 bits per heavy atom. The molecule has 0 radical (unpaired) electrons. The zero-order valence-electron chi connectivity index (χ0n) is 20.3. The van der Waals surface area contributed by atoms with Crippen LogP contribution in [0.5, 0.6) is 5.75 Å². The zero-order valence-corrected chi connectivity index (χ0v) is 21.9. The summed E-state index contributed by atoms with van der Waals surface area (Å²) in [5.74, 6) is 0.401. The lowest BCUT2D eigenvalue weighted by Gasteiger charge is -2.23. The molecular formula is C25H31N3O5S2. The van der Waals surface area contributed by atoms with Crippen molar-refractivity contribution in [1.29, 1.82) is 0 Å². The highest BCUT2D eigenvalue weighted by molar-refractivity contribution is 7.89. The molecule has 0 aliphatic carbocycles. The molecule has 1 unspecified atom stereocenters. The number of aromatic nitrogens is 1. The van der Waals surface area contributed by atoms with Crippen LogP contribution in [0.25, 0.3) is 10.2 Å². The van der Waals surface area contributed by atoms with Gasteiger partial charge in [-0.2, -0.15) is 0 Å². The van der Waals surface area contributed by atoms with E-state index in [9.17, 15) is 13.2 Å².